The molecule has 0 atom stereocenters. The molecule has 0 aliphatic heterocycles. The van der Waals surface area contributed by atoms with Gasteiger partial charge in [-0.05, 0) is 35.4 Å². The summed E-state index contributed by atoms with van der Waals surface area (Å²) in [6.45, 7) is -0.0443. The lowest BCUT2D eigenvalue weighted by molar-refractivity contribution is 0.0601. The van der Waals surface area contributed by atoms with Crippen molar-refractivity contribution in [1.82, 2.24) is 15.0 Å². The van der Waals surface area contributed by atoms with E-state index in [1.807, 2.05) is 60.7 Å². The normalized spacial score (nSPS) is 11.1. The largest absolute Gasteiger partial charge is 0.465 e. The molecule has 3 N–H and O–H groups in total. The molecule has 0 fully saturated rings. The van der Waals surface area contributed by atoms with Gasteiger partial charge in [0.1, 0.15) is 17.3 Å². The zero-order valence-electron chi connectivity index (χ0n) is 18.0. The Hall–Kier alpha value is -4.23. The number of nitrogens with zero attached hydrogens (tertiary/aromatic N) is 2. The fourth-order valence-electron chi connectivity index (χ4n) is 3.92. The SMILES string of the molecule is COC(=O)c1ccc2c(c1)[nH]c1nc(Cc3ccccc3)nc(Nc3cccc(CO)c3)c12. The van der Waals surface area contributed by atoms with Crippen LogP contribution in [0.5, 0.6) is 0 Å². The highest BCUT2D eigenvalue weighted by molar-refractivity contribution is 6.12. The highest BCUT2D eigenvalue weighted by Gasteiger charge is 2.16. The number of esters is 1. The first-order valence-electron chi connectivity index (χ1n) is 10.6. The molecule has 3 aromatic carbocycles. The Labute approximate surface area is 190 Å². The van der Waals surface area contributed by atoms with E-state index in [0.29, 0.717) is 29.3 Å². The quantitative estimate of drug-likeness (QED) is 0.332. The summed E-state index contributed by atoms with van der Waals surface area (Å²) in [5, 5.41) is 14.6. The minimum absolute atomic E-state index is 0.0443. The van der Waals surface area contributed by atoms with Crippen molar-refractivity contribution in [2.75, 3.05) is 12.4 Å². The number of carbonyl (C=O) groups excluding carboxylic acids is 1. The number of aliphatic hydroxyl groups is 1. The summed E-state index contributed by atoms with van der Waals surface area (Å²) < 4.78 is 4.86. The third kappa shape index (κ3) is 4.14. The van der Waals surface area contributed by atoms with Gasteiger partial charge >= 0.3 is 5.97 Å². The first-order valence-corrected chi connectivity index (χ1v) is 10.6. The van der Waals surface area contributed by atoms with E-state index in [0.717, 1.165) is 33.1 Å². The zero-order chi connectivity index (χ0) is 22.8. The summed E-state index contributed by atoms with van der Waals surface area (Å²) in [5.41, 5.74) is 4.62. The lowest BCUT2D eigenvalue weighted by atomic mass is 10.1. The number of nitrogens with one attached hydrogen (secondary N) is 2. The first kappa shape index (κ1) is 20.7. The summed E-state index contributed by atoms with van der Waals surface area (Å²) in [6.07, 6.45) is 0.574. The van der Waals surface area contributed by atoms with Crippen molar-refractivity contribution < 1.29 is 14.6 Å². The fraction of sp³-hybridized carbons (Fsp3) is 0.115. The zero-order valence-corrected chi connectivity index (χ0v) is 18.0. The summed E-state index contributed by atoms with van der Waals surface area (Å²) in [7, 11) is 1.36. The molecule has 0 unspecified atom stereocenters. The van der Waals surface area contributed by atoms with Crippen LogP contribution in [0.1, 0.15) is 27.3 Å². The summed E-state index contributed by atoms with van der Waals surface area (Å²) in [4.78, 5) is 25.0. The number of carbonyl (C=O) groups is 1. The van der Waals surface area contributed by atoms with Crippen LogP contribution in [0, 0.1) is 0 Å². The van der Waals surface area contributed by atoms with Gasteiger partial charge in [-0.2, -0.15) is 0 Å². The minimum Gasteiger partial charge on any atom is -0.465 e. The average molecular weight is 438 g/mol. The molecule has 0 aliphatic rings. The number of hydrogen-bond donors (Lipinski definition) is 3. The van der Waals surface area contributed by atoms with Gasteiger partial charge in [-0.25, -0.2) is 14.8 Å². The van der Waals surface area contributed by atoms with Crippen LogP contribution in [0.2, 0.25) is 0 Å². The molecule has 0 amide bonds. The van der Waals surface area contributed by atoms with Gasteiger partial charge in [0.05, 0.1) is 24.7 Å². The van der Waals surface area contributed by atoms with Crippen molar-refractivity contribution >= 4 is 39.4 Å². The van der Waals surface area contributed by atoms with E-state index in [2.05, 4.69) is 10.3 Å². The van der Waals surface area contributed by atoms with Crippen molar-refractivity contribution in [1.29, 1.82) is 0 Å². The van der Waals surface area contributed by atoms with Crippen LogP contribution in [0.4, 0.5) is 11.5 Å². The number of aliphatic hydroxyl groups excluding tert-OH is 1. The second kappa shape index (κ2) is 8.72. The molecule has 7 heteroatoms. The van der Waals surface area contributed by atoms with Crippen LogP contribution in [0.15, 0.2) is 72.8 Å². The molecular formula is C26H22N4O3. The third-order valence-corrected chi connectivity index (χ3v) is 5.50. The number of hydrogen-bond acceptors (Lipinski definition) is 6. The molecule has 33 heavy (non-hydrogen) atoms. The molecule has 5 rings (SSSR count). The monoisotopic (exact) mass is 438 g/mol. The van der Waals surface area contributed by atoms with E-state index in [9.17, 15) is 9.90 Å². The van der Waals surface area contributed by atoms with Crippen molar-refractivity contribution in [2.45, 2.75) is 13.0 Å². The minimum atomic E-state index is -0.398. The van der Waals surface area contributed by atoms with E-state index < -0.39 is 5.97 Å². The first-order chi connectivity index (χ1) is 16.1. The molecule has 0 saturated carbocycles. The van der Waals surface area contributed by atoms with Crippen LogP contribution in [0.25, 0.3) is 21.9 Å². The lowest BCUT2D eigenvalue weighted by Crippen LogP contribution is -2.02. The van der Waals surface area contributed by atoms with E-state index in [1.165, 1.54) is 7.11 Å². The highest BCUT2D eigenvalue weighted by Crippen LogP contribution is 2.32. The van der Waals surface area contributed by atoms with E-state index >= 15 is 0 Å². The number of fused-ring (bicyclic) bond motifs is 3. The third-order valence-electron chi connectivity index (χ3n) is 5.50. The topological polar surface area (TPSA) is 100 Å². The lowest BCUT2D eigenvalue weighted by Gasteiger charge is -2.10. The number of H-pyrrole nitrogens is 1. The molecule has 2 aromatic heterocycles. The number of benzene rings is 3. The van der Waals surface area contributed by atoms with E-state index in [4.69, 9.17) is 14.7 Å². The highest BCUT2D eigenvalue weighted by atomic mass is 16.5. The van der Waals surface area contributed by atoms with Crippen LogP contribution in [-0.2, 0) is 17.8 Å². The van der Waals surface area contributed by atoms with Gasteiger partial charge in [-0.15, -0.1) is 0 Å². The Morgan fingerprint density at radius 1 is 1.00 bits per heavy atom. The van der Waals surface area contributed by atoms with E-state index in [1.54, 1.807) is 12.1 Å². The summed E-state index contributed by atoms with van der Waals surface area (Å²) in [5.74, 6) is 0.915. The fourth-order valence-corrected chi connectivity index (χ4v) is 3.92. The van der Waals surface area contributed by atoms with Crippen LogP contribution >= 0.6 is 0 Å². The molecular weight excluding hydrogens is 416 g/mol. The Balaban J connectivity index is 1.66. The molecule has 0 spiro atoms. The molecule has 0 radical (unpaired) electrons. The molecule has 164 valence electrons. The number of methoxy groups -OCH3 is 1. The van der Waals surface area contributed by atoms with Crippen molar-refractivity contribution in [3.8, 4) is 0 Å². The van der Waals surface area contributed by atoms with E-state index in [-0.39, 0.29) is 6.61 Å². The maximum atomic E-state index is 12.0. The Kier molecular flexibility index (Phi) is 5.46. The molecule has 7 nitrogen and oxygen atoms in total. The van der Waals surface area contributed by atoms with Crippen molar-refractivity contribution in [2.24, 2.45) is 0 Å². The summed E-state index contributed by atoms with van der Waals surface area (Å²) in [6, 6.07) is 23.0. The van der Waals surface area contributed by atoms with Gasteiger partial charge in [0.15, 0.2) is 0 Å². The van der Waals surface area contributed by atoms with Gasteiger partial charge in [0, 0.05) is 23.0 Å². The second-order valence-corrected chi connectivity index (χ2v) is 7.73. The Morgan fingerprint density at radius 3 is 2.61 bits per heavy atom. The molecule has 2 heterocycles. The smallest absolute Gasteiger partial charge is 0.337 e. The molecule has 0 aliphatic carbocycles. The average Bonchev–Trinajstić information content (AvgIpc) is 3.22. The number of aromatic amines is 1. The number of ether oxygens (including phenoxy) is 1. The maximum absolute atomic E-state index is 12.0. The van der Waals surface area contributed by atoms with Gasteiger partial charge in [-0.1, -0.05) is 48.5 Å². The van der Waals surface area contributed by atoms with Crippen molar-refractivity contribution in [3.05, 3.63) is 95.3 Å². The Bertz CT molecular complexity index is 1460. The maximum Gasteiger partial charge on any atom is 0.337 e. The molecule has 0 saturated heterocycles. The number of aromatic nitrogens is 3. The van der Waals surface area contributed by atoms with Gasteiger partial charge in [0.25, 0.3) is 0 Å². The molecule has 5 aromatic rings. The van der Waals surface area contributed by atoms with Gasteiger partial charge < -0.3 is 20.1 Å². The number of anilines is 2. The van der Waals surface area contributed by atoms with Gasteiger partial charge in [0.2, 0.25) is 0 Å². The van der Waals surface area contributed by atoms with Crippen molar-refractivity contribution in [3.63, 3.8) is 0 Å². The standard InChI is InChI=1S/C26H22N4O3/c1-33-26(32)18-10-11-20-21(14-18)28-25-23(20)24(27-19-9-5-8-17(12-19)15-31)29-22(30-25)13-16-6-3-2-4-7-16/h2-12,14,31H,13,15H2,1H3,(H2,27,28,29,30). The Morgan fingerprint density at radius 2 is 1.82 bits per heavy atom. The van der Waals surface area contributed by atoms with Crippen LogP contribution in [-0.4, -0.2) is 33.1 Å². The second-order valence-electron chi connectivity index (χ2n) is 7.73. The van der Waals surface area contributed by atoms with Crippen LogP contribution < -0.4 is 5.32 Å². The molecule has 0 bridgehead atoms. The van der Waals surface area contributed by atoms with Gasteiger partial charge in [-0.3, -0.25) is 0 Å². The van der Waals surface area contributed by atoms with Crippen LogP contribution in [0.3, 0.4) is 0 Å². The number of rotatable bonds is 6. The predicted molar refractivity (Wildman–Crippen MR) is 128 cm³/mol. The summed E-state index contributed by atoms with van der Waals surface area (Å²) >= 11 is 0. The predicted octanol–water partition coefficient (Wildman–Crippen LogP) is 4.72.